The van der Waals surface area contributed by atoms with Crippen LogP contribution in [0.2, 0.25) is 0 Å². The largest absolute Gasteiger partial charge is 0.481 e. The van der Waals surface area contributed by atoms with Crippen LogP contribution in [0.15, 0.2) is 42.5 Å². The van der Waals surface area contributed by atoms with Crippen molar-refractivity contribution in [3.63, 3.8) is 0 Å². The van der Waals surface area contributed by atoms with Gasteiger partial charge in [-0.1, -0.05) is 42.5 Å². The zero-order valence-corrected chi connectivity index (χ0v) is 13.3. The van der Waals surface area contributed by atoms with E-state index in [0.29, 0.717) is 12.0 Å². The second-order valence-electron chi connectivity index (χ2n) is 4.95. The van der Waals surface area contributed by atoms with Crippen LogP contribution < -0.4 is 0 Å². The van der Waals surface area contributed by atoms with E-state index in [0.717, 1.165) is 12.8 Å². The number of hydrogen-bond acceptors (Lipinski definition) is 3. The highest BCUT2D eigenvalue weighted by Crippen LogP contribution is 2.16. The number of carboxylic acid groups (broad SMARTS) is 1. The van der Waals surface area contributed by atoms with Crippen molar-refractivity contribution < 1.29 is 19.4 Å². The fourth-order valence-electron chi connectivity index (χ4n) is 1.91. The van der Waals surface area contributed by atoms with Crippen molar-refractivity contribution in [1.82, 2.24) is 0 Å². The monoisotopic (exact) mass is 314 g/mol. The Labute approximate surface area is 137 Å². The van der Waals surface area contributed by atoms with E-state index in [2.05, 4.69) is 11.8 Å². The predicted molar refractivity (Wildman–Crippen MR) is 88.8 cm³/mol. The molecule has 0 amide bonds. The molecule has 0 fully saturated rings. The molecule has 0 heterocycles. The molecule has 0 spiro atoms. The van der Waals surface area contributed by atoms with Crippen molar-refractivity contribution in [2.75, 3.05) is 6.61 Å². The number of benzene rings is 1. The molecule has 0 saturated heterocycles. The van der Waals surface area contributed by atoms with Crippen LogP contribution in [0, 0.1) is 11.8 Å². The van der Waals surface area contributed by atoms with Gasteiger partial charge in [0.2, 0.25) is 0 Å². The lowest BCUT2D eigenvalue weighted by Crippen LogP contribution is -2.20. The summed E-state index contributed by atoms with van der Waals surface area (Å²) in [7, 11) is 0. The number of unbranched alkanes of at least 4 members (excludes halogenated alkanes) is 1. The first-order chi connectivity index (χ1) is 11.1. The highest BCUT2D eigenvalue weighted by molar-refractivity contribution is 5.77. The van der Waals surface area contributed by atoms with Gasteiger partial charge in [0.15, 0.2) is 0 Å². The van der Waals surface area contributed by atoms with Crippen molar-refractivity contribution in [2.24, 2.45) is 0 Å². The summed E-state index contributed by atoms with van der Waals surface area (Å²) in [6.07, 6.45) is 6.30. The zero-order valence-electron chi connectivity index (χ0n) is 13.3. The predicted octanol–water partition coefficient (Wildman–Crippen LogP) is 3.54. The quantitative estimate of drug-likeness (QED) is 0.345. The molecule has 1 atom stereocenters. The van der Waals surface area contributed by atoms with Gasteiger partial charge in [-0.05, 0) is 18.9 Å². The number of hydrogen-bond donors (Lipinski definition) is 1. The van der Waals surface area contributed by atoms with Crippen molar-refractivity contribution in [2.45, 2.75) is 38.5 Å². The van der Waals surface area contributed by atoms with Gasteiger partial charge in [-0.25, -0.2) is 0 Å². The average molecular weight is 314 g/mol. The van der Waals surface area contributed by atoms with Gasteiger partial charge in [-0.15, -0.1) is 11.8 Å². The molecule has 1 aromatic rings. The van der Waals surface area contributed by atoms with E-state index in [1.807, 2.05) is 25.1 Å². The minimum absolute atomic E-state index is 0.160. The summed E-state index contributed by atoms with van der Waals surface area (Å²) in [6.45, 7) is 1.80. The van der Waals surface area contributed by atoms with Gasteiger partial charge < -0.3 is 9.84 Å². The molecule has 1 N–H and O–H groups in total. The number of allylic oxidation sites excluding steroid dienone is 2. The first-order valence-corrected chi connectivity index (χ1v) is 7.65. The molecule has 4 heteroatoms. The first kappa shape index (κ1) is 18.5. The normalized spacial score (nSPS) is 11.5. The van der Waals surface area contributed by atoms with Crippen LogP contribution in [-0.2, 0) is 14.3 Å². The second-order valence-corrected chi connectivity index (χ2v) is 4.95. The fraction of sp³-hybridized carbons (Fsp3) is 0.368. The summed E-state index contributed by atoms with van der Waals surface area (Å²) >= 11 is 0. The zero-order chi connectivity index (χ0) is 16.9. The van der Waals surface area contributed by atoms with Gasteiger partial charge in [-0.2, -0.15) is 0 Å². The number of carbonyl (C=O) groups excluding carboxylic acids is 1. The third kappa shape index (κ3) is 7.87. The van der Waals surface area contributed by atoms with Gasteiger partial charge in [-0.3, -0.25) is 9.59 Å². The molecule has 0 aromatic heterocycles. The van der Waals surface area contributed by atoms with E-state index in [9.17, 15) is 14.7 Å². The summed E-state index contributed by atoms with van der Waals surface area (Å²) in [5, 5.41) is 9.24. The molecule has 1 aromatic carbocycles. The minimum Gasteiger partial charge on any atom is -0.481 e. The minimum atomic E-state index is -1.01. The summed E-state index contributed by atoms with van der Waals surface area (Å²) in [5.74, 6) is 3.63. The molecule has 0 radical (unpaired) electrons. The molecule has 0 bridgehead atoms. The van der Waals surface area contributed by atoms with Gasteiger partial charge in [0.25, 0.3) is 0 Å². The van der Waals surface area contributed by atoms with Crippen LogP contribution in [0.5, 0.6) is 0 Å². The third-order valence-electron chi connectivity index (χ3n) is 3.16. The molecule has 23 heavy (non-hydrogen) atoms. The summed E-state index contributed by atoms with van der Waals surface area (Å²) in [4.78, 5) is 22.9. The molecule has 0 saturated carbocycles. The third-order valence-corrected chi connectivity index (χ3v) is 3.16. The van der Waals surface area contributed by atoms with E-state index < -0.39 is 17.9 Å². The summed E-state index contributed by atoms with van der Waals surface area (Å²) in [6, 6.07) is 8.75. The molecular weight excluding hydrogens is 292 g/mol. The average Bonchev–Trinajstić information content (AvgIpc) is 2.55. The van der Waals surface area contributed by atoms with Gasteiger partial charge >= 0.3 is 11.9 Å². The van der Waals surface area contributed by atoms with E-state index in [4.69, 9.17) is 4.74 Å². The highest BCUT2D eigenvalue weighted by atomic mass is 16.5. The molecule has 0 aliphatic carbocycles. The van der Waals surface area contributed by atoms with Gasteiger partial charge in [0.1, 0.15) is 12.5 Å². The summed E-state index contributed by atoms with van der Waals surface area (Å²) < 4.78 is 5.07. The van der Waals surface area contributed by atoms with Crippen molar-refractivity contribution in [3.05, 3.63) is 48.0 Å². The summed E-state index contributed by atoms with van der Waals surface area (Å²) in [5.41, 5.74) is 0.622. The number of rotatable bonds is 8. The Morgan fingerprint density at radius 3 is 2.57 bits per heavy atom. The Kier molecular flexibility index (Phi) is 8.92. The first-order valence-electron chi connectivity index (χ1n) is 7.65. The number of aliphatic carboxylic acids is 1. The Hall–Kier alpha value is -2.54. The van der Waals surface area contributed by atoms with Crippen LogP contribution in [-0.4, -0.2) is 23.7 Å². The Morgan fingerprint density at radius 1 is 1.22 bits per heavy atom. The Balaban J connectivity index is 2.35. The number of carbonyl (C=O) groups is 2. The van der Waals surface area contributed by atoms with Crippen molar-refractivity contribution >= 4 is 11.9 Å². The van der Waals surface area contributed by atoms with E-state index >= 15 is 0 Å². The van der Waals surface area contributed by atoms with Crippen LogP contribution in [0.3, 0.4) is 0 Å². The maximum absolute atomic E-state index is 11.6. The molecule has 1 unspecified atom stereocenters. The van der Waals surface area contributed by atoms with Crippen LogP contribution >= 0.6 is 0 Å². The highest BCUT2D eigenvalue weighted by Gasteiger charge is 2.21. The molecule has 1 rings (SSSR count). The standard InChI is InChI=1S/C19H22O4/c1-2-3-4-5-6-7-11-14-18(20)23-15-17(19(21)22)16-12-9-8-10-13-16/h2-3,8-10,12-13,17H,4-5,11,14-15H2,1H3,(H,21,22)/b3-2+. The number of carboxylic acids is 1. The lowest BCUT2D eigenvalue weighted by molar-refractivity contribution is -0.148. The van der Waals surface area contributed by atoms with Gasteiger partial charge in [0, 0.05) is 12.8 Å². The van der Waals surface area contributed by atoms with Crippen LogP contribution in [0.1, 0.15) is 44.1 Å². The van der Waals surface area contributed by atoms with Crippen molar-refractivity contribution in [1.29, 1.82) is 0 Å². The fourth-order valence-corrected chi connectivity index (χ4v) is 1.91. The van der Waals surface area contributed by atoms with E-state index in [-0.39, 0.29) is 13.0 Å². The maximum Gasteiger partial charge on any atom is 0.314 e. The van der Waals surface area contributed by atoms with E-state index in [1.165, 1.54) is 0 Å². The number of esters is 1. The SMILES string of the molecule is C/C=C/CCC#CCCC(=O)OCC(C(=O)O)c1ccccc1. The topological polar surface area (TPSA) is 63.6 Å². The van der Waals surface area contributed by atoms with Crippen LogP contribution in [0.4, 0.5) is 0 Å². The van der Waals surface area contributed by atoms with E-state index in [1.54, 1.807) is 24.3 Å². The molecule has 122 valence electrons. The van der Waals surface area contributed by atoms with Crippen LogP contribution in [0.25, 0.3) is 0 Å². The molecule has 0 aliphatic rings. The Morgan fingerprint density at radius 2 is 1.91 bits per heavy atom. The smallest absolute Gasteiger partial charge is 0.314 e. The lowest BCUT2D eigenvalue weighted by Gasteiger charge is -2.12. The maximum atomic E-state index is 11.6. The van der Waals surface area contributed by atoms with Crippen molar-refractivity contribution in [3.8, 4) is 11.8 Å². The lowest BCUT2D eigenvalue weighted by atomic mass is 10.0. The molecule has 0 aliphatic heterocycles. The Bertz CT molecular complexity index is 578. The molecular formula is C19H22O4. The molecule has 4 nitrogen and oxygen atoms in total. The van der Waals surface area contributed by atoms with Gasteiger partial charge in [0.05, 0.1) is 6.42 Å². The number of ether oxygens (including phenoxy) is 1. The second kappa shape index (κ2) is 11.1.